The molecule has 1 N–H and O–H groups in total. The van der Waals surface area contributed by atoms with Gasteiger partial charge in [0.15, 0.2) is 0 Å². The van der Waals surface area contributed by atoms with E-state index in [-0.39, 0.29) is 6.04 Å². The van der Waals surface area contributed by atoms with Crippen LogP contribution < -0.4 is 10.2 Å². The highest BCUT2D eigenvalue weighted by atomic mass is 16.2. The van der Waals surface area contributed by atoms with Gasteiger partial charge in [-0.2, -0.15) is 5.26 Å². The van der Waals surface area contributed by atoms with Crippen LogP contribution in [0.15, 0.2) is 24.3 Å². The Kier molecular flexibility index (Phi) is 5.33. The predicted molar refractivity (Wildman–Crippen MR) is 105 cm³/mol. The first kappa shape index (κ1) is 18.3. The van der Waals surface area contributed by atoms with Crippen LogP contribution in [0.25, 0.3) is 0 Å². The van der Waals surface area contributed by atoms with Gasteiger partial charge in [-0.25, -0.2) is 0 Å². The monoisotopic (exact) mass is 367 g/mol. The highest BCUT2D eigenvalue weighted by molar-refractivity contribution is 5.82. The molecule has 3 fully saturated rings. The van der Waals surface area contributed by atoms with Crippen LogP contribution in [0, 0.1) is 17.2 Å². The quantitative estimate of drug-likeness (QED) is 0.872. The van der Waals surface area contributed by atoms with Crippen LogP contribution in [0.1, 0.15) is 25.3 Å². The van der Waals surface area contributed by atoms with E-state index >= 15 is 0 Å². The molecule has 1 aromatic rings. The van der Waals surface area contributed by atoms with Crippen molar-refractivity contribution >= 4 is 11.6 Å². The molecule has 3 atom stereocenters. The van der Waals surface area contributed by atoms with E-state index in [1.165, 1.54) is 5.69 Å². The number of nitrogens with one attached hydrogen (secondary N) is 1. The second kappa shape index (κ2) is 7.87. The number of hydrogen-bond donors (Lipinski definition) is 1. The molecule has 0 bridgehead atoms. The van der Waals surface area contributed by atoms with E-state index in [4.69, 9.17) is 5.26 Å². The fourth-order valence-electron chi connectivity index (χ4n) is 4.63. The first-order valence-corrected chi connectivity index (χ1v) is 10.2. The van der Waals surface area contributed by atoms with E-state index in [0.29, 0.717) is 23.4 Å². The molecule has 1 aromatic carbocycles. The Morgan fingerprint density at radius 1 is 1.15 bits per heavy atom. The van der Waals surface area contributed by atoms with Crippen LogP contribution in [-0.4, -0.2) is 73.6 Å². The second-order valence-electron chi connectivity index (χ2n) is 8.21. The Balaban J connectivity index is 1.27. The number of amides is 1. The molecule has 6 nitrogen and oxygen atoms in total. The maximum atomic E-state index is 12.7. The molecule has 3 aliphatic heterocycles. The Morgan fingerprint density at radius 2 is 1.89 bits per heavy atom. The third-order valence-electron chi connectivity index (χ3n) is 6.33. The number of carbonyl (C=O) groups excluding carboxylic acids is 1. The summed E-state index contributed by atoms with van der Waals surface area (Å²) in [5.74, 6) is 0.944. The number of piperazine rings is 1. The van der Waals surface area contributed by atoms with Gasteiger partial charge in [0.2, 0.25) is 5.91 Å². The van der Waals surface area contributed by atoms with Crippen LogP contribution in [0.5, 0.6) is 0 Å². The maximum absolute atomic E-state index is 12.7. The van der Waals surface area contributed by atoms with Gasteiger partial charge in [-0.15, -0.1) is 0 Å². The van der Waals surface area contributed by atoms with Crippen LogP contribution in [0.2, 0.25) is 0 Å². The molecule has 3 heterocycles. The fraction of sp³-hybridized carbons (Fsp3) is 0.619. The van der Waals surface area contributed by atoms with Gasteiger partial charge in [0.25, 0.3) is 0 Å². The summed E-state index contributed by atoms with van der Waals surface area (Å²) in [6, 6.07) is 10.5. The smallest absolute Gasteiger partial charge is 0.239 e. The van der Waals surface area contributed by atoms with E-state index in [9.17, 15) is 4.79 Å². The summed E-state index contributed by atoms with van der Waals surface area (Å²) in [6.07, 6.45) is 2.07. The predicted octanol–water partition coefficient (Wildman–Crippen LogP) is 1.28. The molecule has 6 heteroatoms. The molecular formula is C21H29N5O. The molecule has 27 heavy (non-hydrogen) atoms. The minimum Gasteiger partial charge on any atom is -0.369 e. The molecule has 3 saturated heterocycles. The number of likely N-dealkylation sites (tertiary alicyclic amines) is 1. The van der Waals surface area contributed by atoms with E-state index in [0.717, 1.165) is 58.7 Å². The van der Waals surface area contributed by atoms with Crippen molar-refractivity contribution in [2.45, 2.75) is 31.8 Å². The number of anilines is 1. The molecule has 144 valence electrons. The van der Waals surface area contributed by atoms with Crippen molar-refractivity contribution < 1.29 is 4.79 Å². The zero-order chi connectivity index (χ0) is 18.8. The molecule has 0 saturated carbocycles. The average molecular weight is 367 g/mol. The zero-order valence-corrected chi connectivity index (χ0v) is 16.1. The molecule has 3 aliphatic rings. The van der Waals surface area contributed by atoms with Crippen molar-refractivity contribution in [3.63, 3.8) is 0 Å². The zero-order valence-electron chi connectivity index (χ0n) is 16.1. The van der Waals surface area contributed by atoms with Gasteiger partial charge in [0.1, 0.15) is 0 Å². The lowest BCUT2D eigenvalue weighted by Crippen LogP contribution is -2.51. The highest BCUT2D eigenvalue weighted by Crippen LogP contribution is 2.23. The van der Waals surface area contributed by atoms with Gasteiger partial charge in [-0.05, 0) is 43.0 Å². The van der Waals surface area contributed by atoms with Gasteiger partial charge >= 0.3 is 0 Å². The number of carbonyl (C=O) groups is 1. The molecule has 0 aromatic heterocycles. The number of nitriles is 1. The summed E-state index contributed by atoms with van der Waals surface area (Å²) in [5, 5.41) is 12.4. The molecule has 1 amide bonds. The second-order valence-corrected chi connectivity index (χ2v) is 8.21. The minimum atomic E-state index is -0.00291. The topological polar surface area (TPSA) is 62.6 Å². The molecule has 4 rings (SSSR count). The SMILES string of the molecule is CC1CCN(C(=O)[C@@H]2C[C@H](N3CCN(c4ccc(C#N)cc4)CC3)CN2)C1. The van der Waals surface area contributed by atoms with E-state index in [1.807, 2.05) is 29.2 Å². The van der Waals surface area contributed by atoms with Crippen LogP contribution in [0.3, 0.4) is 0 Å². The highest BCUT2D eigenvalue weighted by Gasteiger charge is 2.37. The lowest BCUT2D eigenvalue weighted by atomic mass is 10.1. The standard InChI is InChI=1S/C21H29N5O/c1-16-6-7-26(15-16)21(27)20-12-19(14-23-20)25-10-8-24(9-11-25)18-4-2-17(13-22)3-5-18/h2-5,16,19-20,23H,6-12,14-15H2,1H3/t16?,19-,20-/m0/s1. The summed E-state index contributed by atoms with van der Waals surface area (Å²) in [7, 11) is 0. The maximum Gasteiger partial charge on any atom is 0.239 e. The Morgan fingerprint density at radius 3 is 2.52 bits per heavy atom. The summed E-state index contributed by atoms with van der Waals surface area (Å²) in [4.78, 5) is 19.7. The number of nitrogens with zero attached hydrogens (tertiary/aromatic N) is 4. The lowest BCUT2D eigenvalue weighted by molar-refractivity contribution is -0.132. The summed E-state index contributed by atoms with van der Waals surface area (Å²) >= 11 is 0. The third-order valence-corrected chi connectivity index (χ3v) is 6.33. The summed E-state index contributed by atoms with van der Waals surface area (Å²) < 4.78 is 0. The van der Waals surface area contributed by atoms with Gasteiger partial charge in [0.05, 0.1) is 17.7 Å². The van der Waals surface area contributed by atoms with Crippen molar-refractivity contribution in [3.8, 4) is 6.07 Å². The van der Waals surface area contributed by atoms with Gasteiger partial charge < -0.3 is 15.1 Å². The number of benzene rings is 1. The molecule has 1 unspecified atom stereocenters. The largest absolute Gasteiger partial charge is 0.369 e. The first-order chi connectivity index (χ1) is 13.1. The Labute approximate surface area is 161 Å². The van der Waals surface area contributed by atoms with E-state index in [1.54, 1.807) is 0 Å². The van der Waals surface area contributed by atoms with Crippen LogP contribution >= 0.6 is 0 Å². The summed E-state index contributed by atoms with van der Waals surface area (Å²) in [5.41, 5.74) is 1.90. The van der Waals surface area contributed by atoms with Crippen molar-refractivity contribution in [2.24, 2.45) is 5.92 Å². The fourth-order valence-corrected chi connectivity index (χ4v) is 4.63. The molecule has 0 spiro atoms. The van der Waals surface area contributed by atoms with Gasteiger partial charge in [-0.3, -0.25) is 9.69 Å². The van der Waals surface area contributed by atoms with Crippen molar-refractivity contribution in [3.05, 3.63) is 29.8 Å². The van der Waals surface area contributed by atoms with Crippen molar-refractivity contribution in [1.29, 1.82) is 5.26 Å². The number of rotatable bonds is 3. The first-order valence-electron chi connectivity index (χ1n) is 10.2. The lowest BCUT2D eigenvalue weighted by Gasteiger charge is -2.39. The minimum absolute atomic E-state index is 0.00291. The average Bonchev–Trinajstić information content (AvgIpc) is 3.37. The summed E-state index contributed by atoms with van der Waals surface area (Å²) in [6.45, 7) is 9.01. The Hall–Kier alpha value is -2.10. The van der Waals surface area contributed by atoms with Crippen LogP contribution in [0.4, 0.5) is 5.69 Å². The third kappa shape index (κ3) is 3.95. The van der Waals surface area contributed by atoms with Crippen molar-refractivity contribution in [2.75, 3.05) is 50.7 Å². The Bertz CT molecular complexity index is 704. The van der Waals surface area contributed by atoms with Crippen LogP contribution in [-0.2, 0) is 4.79 Å². The van der Waals surface area contributed by atoms with Crippen molar-refractivity contribution in [1.82, 2.24) is 15.1 Å². The van der Waals surface area contributed by atoms with Gasteiger partial charge in [0, 0.05) is 57.5 Å². The molecule has 0 radical (unpaired) electrons. The molecular weight excluding hydrogens is 338 g/mol. The van der Waals surface area contributed by atoms with Gasteiger partial charge in [-0.1, -0.05) is 6.92 Å². The number of hydrogen-bond acceptors (Lipinski definition) is 5. The van der Waals surface area contributed by atoms with E-state index < -0.39 is 0 Å². The van der Waals surface area contributed by atoms with E-state index in [2.05, 4.69) is 28.1 Å². The normalized spacial score (nSPS) is 29.1. The molecule has 0 aliphatic carbocycles.